The lowest BCUT2D eigenvalue weighted by molar-refractivity contribution is -0.236. The van der Waals surface area contributed by atoms with Gasteiger partial charge in [-0.15, -0.1) is 22.7 Å². The molecule has 0 aromatic carbocycles. The molecule has 0 saturated carbocycles. The Labute approximate surface area is 410 Å². The Morgan fingerprint density at radius 2 is 0.743 bits per heavy atom. The SMILES string of the molecule is CCCCOc1c(/C=C/C2=C(C#N)C(=C(C#N)C#N)OC2(C)C(F)(F)F)sc(/C=C/c2sc(/C=C/C3=C(C#N)C(=C(C#N)C#N)OC3(C)C(F)(F)F)c(OCCCC)c2OCCCC)c1OCCCC. The van der Waals surface area contributed by atoms with E-state index in [9.17, 15) is 57.9 Å². The molecule has 20 heteroatoms. The Morgan fingerprint density at radius 1 is 0.486 bits per heavy atom. The molecule has 0 bridgehead atoms. The van der Waals surface area contributed by atoms with Gasteiger partial charge in [-0.2, -0.15) is 57.9 Å². The molecule has 0 radical (unpaired) electrons. The van der Waals surface area contributed by atoms with Crippen LogP contribution in [0, 0.1) is 68.0 Å². The molecule has 368 valence electrons. The highest BCUT2D eigenvalue weighted by Gasteiger charge is 2.62. The van der Waals surface area contributed by atoms with Crippen molar-refractivity contribution in [3.63, 3.8) is 0 Å². The molecule has 12 nitrogen and oxygen atoms in total. The number of rotatable bonds is 22. The fourth-order valence-corrected chi connectivity index (χ4v) is 8.67. The van der Waals surface area contributed by atoms with Crippen LogP contribution in [0.1, 0.15) is 112 Å². The Balaban J connectivity index is 2.03. The maximum Gasteiger partial charge on any atom is 0.432 e. The van der Waals surface area contributed by atoms with E-state index in [1.807, 2.05) is 27.7 Å². The van der Waals surface area contributed by atoms with Crippen LogP contribution in [0.3, 0.4) is 0 Å². The molecule has 4 heterocycles. The predicted molar refractivity (Wildman–Crippen MR) is 250 cm³/mol. The quantitative estimate of drug-likeness (QED) is 0.0615. The van der Waals surface area contributed by atoms with Crippen molar-refractivity contribution in [2.45, 2.75) is 116 Å². The zero-order chi connectivity index (χ0) is 51.9. The second-order valence-electron chi connectivity index (χ2n) is 15.7. The van der Waals surface area contributed by atoms with Crippen LogP contribution >= 0.6 is 22.7 Å². The molecule has 0 spiro atoms. The van der Waals surface area contributed by atoms with Crippen molar-refractivity contribution in [1.82, 2.24) is 0 Å². The minimum atomic E-state index is -5.11. The number of halogens is 6. The van der Waals surface area contributed by atoms with Gasteiger partial charge in [-0.25, -0.2) is 0 Å². The maximum atomic E-state index is 14.8. The number of alkyl halides is 6. The van der Waals surface area contributed by atoms with Gasteiger partial charge >= 0.3 is 12.4 Å². The molecule has 0 saturated heterocycles. The van der Waals surface area contributed by atoms with Gasteiger partial charge in [0.1, 0.15) is 47.6 Å². The van der Waals surface area contributed by atoms with Gasteiger partial charge in [-0.05, 0) is 63.8 Å². The zero-order valence-corrected chi connectivity index (χ0v) is 40.8. The first-order valence-corrected chi connectivity index (χ1v) is 23.8. The van der Waals surface area contributed by atoms with E-state index in [-0.39, 0.29) is 59.2 Å². The smallest absolute Gasteiger partial charge is 0.432 e. The highest BCUT2D eigenvalue weighted by Crippen LogP contribution is 2.53. The van der Waals surface area contributed by atoms with Crippen LogP contribution in [0.2, 0.25) is 0 Å². The molecule has 4 rings (SSSR count). The Bertz CT molecular complexity index is 2550. The molecule has 2 unspecified atom stereocenters. The first-order valence-electron chi connectivity index (χ1n) is 22.1. The molecule has 70 heavy (non-hydrogen) atoms. The van der Waals surface area contributed by atoms with E-state index in [0.29, 0.717) is 49.3 Å². The van der Waals surface area contributed by atoms with E-state index < -0.39 is 68.5 Å². The van der Waals surface area contributed by atoms with Gasteiger partial charge < -0.3 is 28.4 Å². The van der Waals surface area contributed by atoms with E-state index in [2.05, 4.69) is 0 Å². The third kappa shape index (κ3) is 11.8. The topological polar surface area (TPSA) is 198 Å². The molecule has 2 aromatic heterocycles. The second kappa shape index (κ2) is 24.4. The molecule has 0 aliphatic carbocycles. The summed E-state index contributed by atoms with van der Waals surface area (Å²) in [6.45, 7) is 10.0. The summed E-state index contributed by atoms with van der Waals surface area (Å²) >= 11 is 2.15. The summed E-state index contributed by atoms with van der Waals surface area (Å²) in [5, 5.41) is 58.2. The molecule has 0 N–H and O–H groups in total. The highest BCUT2D eigenvalue weighted by atomic mass is 32.1. The molecule has 2 aliphatic heterocycles. The van der Waals surface area contributed by atoms with Gasteiger partial charge in [0.15, 0.2) is 45.7 Å². The van der Waals surface area contributed by atoms with Crippen LogP contribution in [0.4, 0.5) is 26.3 Å². The average molecular weight is 1010 g/mol. The predicted octanol–water partition coefficient (Wildman–Crippen LogP) is 13.7. The molecule has 2 aliphatic rings. The normalized spacial score (nSPS) is 18.0. The van der Waals surface area contributed by atoms with Gasteiger partial charge in [0.2, 0.25) is 11.2 Å². The van der Waals surface area contributed by atoms with Gasteiger partial charge in [0.25, 0.3) is 0 Å². The first-order chi connectivity index (χ1) is 33.3. The first kappa shape index (κ1) is 55.5. The van der Waals surface area contributed by atoms with Gasteiger partial charge in [0.05, 0.1) is 45.9 Å². The molecular weight excluding hydrogens is 959 g/mol. The number of allylic oxidation sites excluding steroid dienone is 4. The number of hydrogen-bond donors (Lipinski definition) is 0. The Kier molecular flexibility index (Phi) is 19.4. The van der Waals surface area contributed by atoms with Crippen molar-refractivity contribution in [1.29, 1.82) is 31.6 Å². The summed E-state index contributed by atoms with van der Waals surface area (Å²) in [6, 6.07) is 9.33. The largest absolute Gasteiger partial charge is 0.488 e. The van der Waals surface area contributed by atoms with E-state index >= 15 is 0 Å². The van der Waals surface area contributed by atoms with Crippen LogP contribution in [-0.2, 0) is 9.47 Å². The average Bonchev–Trinajstić information content (AvgIpc) is 4.02. The monoisotopic (exact) mass is 1010 g/mol. The summed E-state index contributed by atoms with van der Waals surface area (Å²) in [4.78, 5) is 1.44. The van der Waals surface area contributed by atoms with Crippen LogP contribution in [0.5, 0.6) is 23.0 Å². The van der Waals surface area contributed by atoms with Crippen molar-refractivity contribution in [2.75, 3.05) is 26.4 Å². The molecule has 0 fully saturated rings. The Morgan fingerprint density at radius 3 is 0.957 bits per heavy atom. The van der Waals surface area contributed by atoms with Crippen molar-refractivity contribution in [3.8, 4) is 59.4 Å². The third-order valence-electron chi connectivity index (χ3n) is 10.8. The fraction of sp³-hybridized carbons (Fsp3) is 0.440. The summed E-state index contributed by atoms with van der Waals surface area (Å²) in [7, 11) is 0. The minimum absolute atomic E-state index is 0.193. The summed E-state index contributed by atoms with van der Waals surface area (Å²) < 4.78 is 124. The van der Waals surface area contributed by atoms with Crippen molar-refractivity contribution in [3.05, 3.63) is 76.6 Å². The van der Waals surface area contributed by atoms with E-state index in [1.54, 1.807) is 24.3 Å². The number of nitriles is 6. The van der Waals surface area contributed by atoms with Crippen molar-refractivity contribution in [2.24, 2.45) is 0 Å². The summed E-state index contributed by atoms with van der Waals surface area (Å²) in [6.07, 6.45) is 3.22. The van der Waals surface area contributed by atoms with E-state index in [1.165, 1.54) is 36.4 Å². The molecule has 2 atom stereocenters. The van der Waals surface area contributed by atoms with Crippen molar-refractivity contribution >= 4 is 47.0 Å². The highest BCUT2D eigenvalue weighted by molar-refractivity contribution is 7.15. The number of ether oxygens (including phenoxy) is 6. The number of nitrogens with zero attached hydrogens (tertiary/aromatic N) is 6. The van der Waals surface area contributed by atoms with E-state index in [0.717, 1.165) is 60.5 Å². The minimum Gasteiger partial charge on any atom is -0.488 e. The lowest BCUT2D eigenvalue weighted by atomic mass is 9.92. The molecular formula is C50H48F6N6O6S2. The number of hydrogen-bond acceptors (Lipinski definition) is 14. The maximum absolute atomic E-state index is 14.8. The fourth-order valence-electron chi connectivity index (χ4n) is 6.67. The zero-order valence-electron chi connectivity index (χ0n) is 39.2. The van der Waals surface area contributed by atoms with E-state index in [4.69, 9.17) is 28.4 Å². The summed E-state index contributed by atoms with van der Waals surface area (Å²) in [5.74, 6) is -0.706. The van der Waals surface area contributed by atoms with Crippen LogP contribution in [-0.4, -0.2) is 50.0 Å². The Hall–Kier alpha value is -7.10. The summed E-state index contributed by atoms with van der Waals surface area (Å²) in [5.41, 5.74) is -10.5. The lowest BCUT2D eigenvalue weighted by Crippen LogP contribution is -2.43. The van der Waals surface area contributed by atoms with Gasteiger partial charge in [-0.3, -0.25) is 0 Å². The molecule has 0 amide bonds. The second-order valence-corrected chi connectivity index (χ2v) is 17.9. The van der Waals surface area contributed by atoms with Gasteiger partial charge in [-0.1, -0.05) is 65.5 Å². The van der Waals surface area contributed by atoms with Gasteiger partial charge in [0, 0.05) is 11.1 Å². The van der Waals surface area contributed by atoms with Crippen LogP contribution in [0.25, 0.3) is 24.3 Å². The number of unbranched alkanes of at least 4 members (excludes halogenated alkanes) is 4. The van der Waals surface area contributed by atoms with Crippen molar-refractivity contribution < 1.29 is 54.8 Å². The third-order valence-corrected chi connectivity index (χ3v) is 12.9. The number of thiophene rings is 2. The standard InChI is InChI=1S/C50H48F6N6O6S2/c1-7-11-21-63-43-37(17-15-35-33(29-61)41(31(25-57)26-58)67-47(35,5)49(51,52)53)69-39(45(43)65-23-13-9-3)19-20-40-46(66-24-14-10-4)44(64-22-12-8-2)38(70-40)18-16-36-34(30-62)42(32(27-59)28-60)68-48(36,6)50(54,55)56/h15-20H,7-14,21-24H2,1-6H3/b17-15+,18-16+,20-19+. The molecule has 2 aromatic rings. The lowest BCUT2D eigenvalue weighted by Gasteiger charge is -2.28. The van der Waals surface area contributed by atoms with Crippen LogP contribution < -0.4 is 18.9 Å². The van der Waals surface area contributed by atoms with Crippen LogP contribution in [0.15, 0.2) is 57.1 Å².